The van der Waals surface area contributed by atoms with E-state index in [0.29, 0.717) is 6.61 Å². The zero-order valence-electron chi connectivity index (χ0n) is 6.55. The molecule has 66 valence electrons. The molecular formula is C8H10ClNOS. The molecule has 2 N–H and O–H groups in total. The Kier molecular flexibility index (Phi) is 2.12. The standard InChI is InChI=1S/C8H10ClNOS/c9-6-1-4-12-7(6)8(2-3-8)5-11-10/h1,4H,2-3,5,10H2. The summed E-state index contributed by atoms with van der Waals surface area (Å²) in [7, 11) is 0. The molecule has 0 unspecified atom stereocenters. The molecule has 0 radical (unpaired) electrons. The second-order valence-electron chi connectivity index (χ2n) is 3.19. The zero-order chi connectivity index (χ0) is 8.60. The second-order valence-corrected chi connectivity index (χ2v) is 4.51. The van der Waals surface area contributed by atoms with Crippen LogP contribution in [0.2, 0.25) is 5.02 Å². The fourth-order valence-corrected chi connectivity index (χ4v) is 2.93. The van der Waals surface area contributed by atoms with Crippen LogP contribution >= 0.6 is 22.9 Å². The molecule has 0 aliphatic heterocycles. The van der Waals surface area contributed by atoms with Gasteiger partial charge in [-0.2, -0.15) is 0 Å². The van der Waals surface area contributed by atoms with Gasteiger partial charge in [-0.1, -0.05) is 11.6 Å². The molecule has 0 saturated heterocycles. The van der Waals surface area contributed by atoms with Crippen LogP contribution in [0, 0.1) is 0 Å². The van der Waals surface area contributed by atoms with Gasteiger partial charge in [-0.25, -0.2) is 5.90 Å². The summed E-state index contributed by atoms with van der Waals surface area (Å²) in [5.74, 6) is 5.07. The Morgan fingerprint density at radius 3 is 2.83 bits per heavy atom. The van der Waals surface area contributed by atoms with Gasteiger partial charge < -0.3 is 4.84 Å². The van der Waals surface area contributed by atoms with Crippen molar-refractivity contribution >= 4 is 22.9 Å². The first kappa shape index (κ1) is 8.51. The van der Waals surface area contributed by atoms with Crippen molar-refractivity contribution in [3.05, 3.63) is 21.3 Å². The average molecular weight is 204 g/mol. The van der Waals surface area contributed by atoms with Gasteiger partial charge in [0.2, 0.25) is 0 Å². The van der Waals surface area contributed by atoms with Crippen molar-refractivity contribution in [2.45, 2.75) is 18.3 Å². The summed E-state index contributed by atoms with van der Waals surface area (Å²) in [5, 5.41) is 2.86. The Morgan fingerprint density at radius 2 is 2.42 bits per heavy atom. The average Bonchev–Trinajstić information content (AvgIpc) is 2.68. The van der Waals surface area contributed by atoms with Crippen molar-refractivity contribution in [3.63, 3.8) is 0 Å². The summed E-state index contributed by atoms with van der Waals surface area (Å²) in [6.07, 6.45) is 2.29. The van der Waals surface area contributed by atoms with E-state index in [9.17, 15) is 0 Å². The Bertz CT molecular complexity index is 282. The second kappa shape index (κ2) is 3.00. The first-order valence-corrected chi connectivity index (χ1v) is 5.09. The number of hydrogen-bond donors (Lipinski definition) is 1. The third kappa shape index (κ3) is 1.27. The summed E-state index contributed by atoms with van der Waals surface area (Å²) < 4.78 is 0. The van der Waals surface area contributed by atoms with E-state index in [1.807, 2.05) is 11.4 Å². The Labute approximate surface area is 80.2 Å². The van der Waals surface area contributed by atoms with Crippen LogP contribution in [-0.4, -0.2) is 6.61 Å². The van der Waals surface area contributed by atoms with Crippen molar-refractivity contribution in [1.82, 2.24) is 0 Å². The molecular weight excluding hydrogens is 194 g/mol. The lowest BCUT2D eigenvalue weighted by molar-refractivity contribution is 0.117. The highest BCUT2D eigenvalue weighted by molar-refractivity contribution is 7.10. The fourth-order valence-electron chi connectivity index (χ4n) is 1.42. The maximum atomic E-state index is 6.01. The molecule has 4 heteroatoms. The maximum absolute atomic E-state index is 6.01. The van der Waals surface area contributed by atoms with Gasteiger partial charge >= 0.3 is 0 Å². The largest absolute Gasteiger partial charge is 0.304 e. The minimum Gasteiger partial charge on any atom is -0.304 e. The zero-order valence-corrected chi connectivity index (χ0v) is 8.12. The normalized spacial score (nSPS) is 19.5. The van der Waals surface area contributed by atoms with Gasteiger partial charge in [-0.3, -0.25) is 0 Å². The molecule has 1 heterocycles. The van der Waals surface area contributed by atoms with Crippen LogP contribution in [0.25, 0.3) is 0 Å². The highest BCUT2D eigenvalue weighted by Gasteiger charge is 2.46. The number of thiophene rings is 1. The molecule has 1 aliphatic carbocycles. The van der Waals surface area contributed by atoms with Crippen LogP contribution in [0.5, 0.6) is 0 Å². The van der Waals surface area contributed by atoms with Gasteiger partial charge in [0.25, 0.3) is 0 Å². The summed E-state index contributed by atoms with van der Waals surface area (Å²) in [6.45, 7) is 0.591. The fraction of sp³-hybridized carbons (Fsp3) is 0.500. The summed E-state index contributed by atoms with van der Waals surface area (Å²) in [4.78, 5) is 5.93. The lowest BCUT2D eigenvalue weighted by atomic mass is 10.1. The highest BCUT2D eigenvalue weighted by atomic mass is 35.5. The van der Waals surface area contributed by atoms with Gasteiger partial charge in [0.05, 0.1) is 11.6 Å². The molecule has 1 aliphatic rings. The summed E-state index contributed by atoms with van der Waals surface area (Å²) in [6, 6.07) is 1.93. The summed E-state index contributed by atoms with van der Waals surface area (Å²) in [5.41, 5.74) is 0.153. The molecule has 1 saturated carbocycles. The predicted octanol–water partition coefficient (Wildman–Crippen LogP) is 2.32. The van der Waals surface area contributed by atoms with Crippen LogP contribution in [0.3, 0.4) is 0 Å². The molecule has 2 nitrogen and oxygen atoms in total. The van der Waals surface area contributed by atoms with Crippen LogP contribution in [0.1, 0.15) is 17.7 Å². The highest BCUT2D eigenvalue weighted by Crippen LogP contribution is 2.52. The lowest BCUT2D eigenvalue weighted by Crippen LogP contribution is -2.17. The van der Waals surface area contributed by atoms with Crippen molar-refractivity contribution in [1.29, 1.82) is 0 Å². The van der Waals surface area contributed by atoms with Crippen LogP contribution < -0.4 is 5.90 Å². The van der Waals surface area contributed by atoms with E-state index in [4.69, 9.17) is 22.3 Å². The number of nitrogens with two attached hydrogens (primary N) is 1. The first-order valence-electron chi connectivity index (χ1n) is 3.84. The van der Waals surface area contributed by atoms with Gasteiger partial charge in [-0.05, 0) is 24.3 Å². The van der Waals surface area contributed by atoms with Crippen LogP contribution in [-0.2, 0) is 10.3 Å². The van der Waals surface area contributed by atoms with Gasteiger partial charge in [0.1, 0.15) is 0 Å². The lowest BCUT2D eigenvalue weighted by Gasteiger charge is -2.11. The molecule has 0 bridgehead atoms. The van der Waals surface area contributed by atoms with Crippen molar-refractivity contribution in [2.75, 3.05) is 6.61 Å². The van der Waals surface area contributed by atoms with E-state index in [1.165, 1.54) is 4.88 Å². The van der Waals surface area contributed by atoms with E-state index in [-0.39, 0.29) is 5.41 Å². The first-order chi connectivity index (χ1) is 5.78. The summed E-state index contributed by atoms with van der Waals surface area (Å²) >= 11 is 7.71. The van der Waals surface area contributed by atoms with Gasteiger partial charge in [0, 0.05) is 10.3 Å². The molecule has 0 aromatic carbocycles. The molecule has 12 heavy (non-hydrogen) atoms. The molecule has 0 amide bonds. The van der Waals surface area contributed by atoms with Gasteiger partial charge in [-0.15, -0.1) is 11.3 Å². The minimum atomic E-state index is 0.153. The van der Waals surface area contributed by atoms with Gasteiger partial charge in [0.15, 0.2) is 0 Å². The SMILES string of the molecule is NOCC1(c2sccc2Cl)CC1. The molecule has 1 fully saturated rings. The molecule has 0 atom stereocenters. The van der Waals surface area contributed by atoms with Crippen LogP contribution in [0.15, 0.2) is 11.4 Å². The topological polar surface area (TPSA) is 35.2 Å². The van der Waals surface area contributed by atoms with E-state index in [0.717, 1.165) is 17.9 Å². The van der Waals surface area contributed by atoms with E-state index < -0.39 is 0 Å². The van der Waals surface area contributed by atoms with E-state index >= 15 is 0 Å². The molecule has 1 aromatic heterocycles. The number of hydrogen-bond acceptors (Lipinski definition) is 3. The Balaban J connectivity index is 2.24. The predicted molar refractivity (Wildman–Crippen MR) is 50.4 cm³/mol. The van der Waals surface area contributed by atoms with Crippen molar-refractivity contribution < 1.29 is 4.84 Å². The van der Waals surface area contributed by atoms with E-state index in [2.05, 4.69) is 0 Å². The van der Waals surface area contributed by atoms with E-state index in [1.54, 1.807) is 11.3 Å². The van der Waals surface area contributed by atoms with Crippen LogP contribution in [0.4, 0.5) is 0 Å². The molecule has 2 rings (SSSR count). The Hall–Kier alpha value is -0.0900. The molecule has 1 aromatic rings. The monoisotopic (exact) mass is 203 g/mol. The third-order valence-corrected chi connectivity index (χ3v) is 3.90. The number of halogens is 1. The van der Waals surface area contributed by atoms with Crippen molar-refractivity contribution in [3.8, 4) is 0 Å². The number of rotatable bonds is 3. The smallest absolute Gasteiger partial charge is 0.0784 e. The maximum Gasteiger partial charge on any atom is 0.0784 e. The molecule has 0 spiro atoms. The minimum absolute atomic E-state index is 0.153. The quantitative estimate of drug-likeness (QED) is 0.766. The third-order valence-electron chi connectivity index (χ3n) is 2.31. The Morgan fingerprint density at radius 1 is 1.67 bits per heavy atom. The van der Waals surface area contributed by atoms with Crippen molar-refractivity contribution in [2.24, 2.45) is 5.90 Å².